The van der Waals surface area contributed by atoms with Crippen LogP contribution in [0.15, 0.2) is 0 Å². The predicted molar refractivity (Wildman–Crippen MR) is 101 cm³/mol. The molecule has 146 valence electrons. The van der Waals surface area contributed by atoms with Crippen LogP contribution in [0.2, 0.25) is 0 Å². The lowest BCUT2D eigenvalue weighted by atomic mass is 9.93. The highest BCUT2D eigenvalue weighted by Gasteiger charge is 2.33. The first-order valence-electron chi connectivity index (χ1n) is 9.66. The van der Waals surface area contributed by atoms with Crippen LogP contribution in [0, 0.1) is 11.8 Å². The van der Waals surface area contributed by atoms with Gasteiger partial charge in [0.1, 0.15) is 0 Å². The average molecular weight is 374 g/mol. The lowest BCUT2D eigenvalue weighted by Crippen LogP contribution is -2.55. The van der Waals surface area contributed by atoms with Crippen molar-refractivity contribution in [1.82, 2.24) is 14.5 Å². The highest BCUT2D eigenvalue weighted by molar-refractivity contribution is 7.89. The fourth-order valence-corrected chi connectivity index (χ4v) is 5.01. The first-order chi connectivity index (χ1) is 11.7. The van der Waals surface area contributed by atoms with E-state index in [9.17, 15) is 13.2 Å². The van der Waals surface area contributed by atoms with E-state index in [1.165, 1.54) is 17.1 Å². The molecule has 25 heavy (non-hydrogen) atoms. The molecule has 0 bridgehead atoms. The Morgan fingerprint density at radius 3 is 2.36 bits per heavy atom. The average Bonchev–Trinajstić information content (AvgIpc) is 2.60. The molecule has 0 spiro atoms. The van der Waals surface area contributed by atoms with E-state index in [1.807, 2.05) is 0 Å². The van der Waals surface area contributed by atoms with Gasteiger partial charge in [0, 0.05) is 37.6 Å². The third kappa shape index (κ3) is 5.41. The van der Waals surface area contributed by atoms with Gasteiger partial charge in [-0.05, 0) is 58.9 Å². The summed E-state index contributed by atoms with van der Waals surface area (Å²) in [7, 11) is -3.13. The van der Waals surface area contributed by atoms with E-state index in [4.69, 9.17) is 0 Å². The van der Waals surface area contributed by atoms with Crippen LogP contribution in [0.4, 0.5) is 0 Å². The zero-order valence-corrected chi connectivity index (χ0v) is 17.1. The Balaban J connectivity index is 1.81. The van der Waals surface area contributed by atoms with Crippen LogP contribution in [0.3, 0.4) is 0 Å². The molecule has 2 saturated heterocycles. The summed E-state index contributed by atoms with van der Waals surface area (Å²) in [6.07, 6.45) is 3.75. The summed E-state index contributed by atoms with van der Waals surface area (Å²) < 4.78 is 25.3. The number of piperidine rings is 2. The van der Waals surface area contributed by atoms with Crippen molar-refractivity contribution in [3.05, 3.63) is 0 Å². The van der Waals surface area contributed by atoms with Crippen LogP contribution in [0.5, 0.6) is 0 Å². The van der Waals surface area contributed by atoms with E-state index in [1.54, 1.807) is 6.92 Å². The molecule has 0 aromatic rings. The SMILES string of the molecule is CCS(=O)(=O)N1CCC(C(=O)NCC(C)(C)N2CCC[C@@H](C)C2)CC1. The molecule has 0 aromatic carbocycles. The van der Waals surface area contributed by atoms with Gasteiger partial charge in [0.15, 0.2) is 0 Å². The second-order valence-corrected chi connectivity index (χ2v) is 10.6. The van der Waals surface area contributed by atoms with Crippen LogP contribution >= 0.6 is 0 Å². The van der Waals surface area contributed by atoms with Gasteiger partial charge in [0.25, 0.3) is 0 Å². The van der Waals surface area contributed by atoms with E-state index in [2.05, 4.69) is 31.0 Å². The van der Waals surface area contributed by atoms with E-state index in [-0.39, 0.29) is 23.1 Å². The molecule has 0 aliphatic carbocycles. The normalized spacial score (nSPS) is 25.0. The largest absolute Gasteiger partial charge is 0.354 e. The molecule has 6 nitrogen and oxygen atoms in total. The fourth-order valence-electron chi connectivity index (χ4n) is 3.88. The van der Waals surface area contributed by atoms with Gasteiger partial charge in [-0.3, -0.25) is 9.69 Å². The minimum Gasteiger partial charge on any atom is -0.354 e. The van der Waals surface area contributed by atoms with Gasteiger partial charge in [-0.25, -0.2) is 12.7 Å². The molecule has 1 atom stereocenters. The van der Waals surface area contributed by atoms with Gasteiger partial charge in [0.05, 0.1) is 5.75 Å². The Morgan fingerprint density at radius 1 is 1.16 bits per heavy atom. The number of rotatable bonds is 6. The molecule has 1 amide bonds. The minimum absolute atomic E-state index is 0.0450. The van der Waals surface area contributed by atoms with Crippen molar-refractivity contribution < 1.29 is 13.2 Å². The van der Waals surface area contributed by atoms with E-state index < -0.39 is 10.0 Å². The van der Waals surface area contributed by atoms with Gasteiger partial charge < -0.3 is 5.32 Å². The molecule has 7 heteroatoms. The maximum atomic E-state index is 12.5. The molecule has 0 aromatic heterocycles. The van der Waals surface area contributed by atoms with Gasteiger partial charge >= 0.3 is 0 Å². The molecule has 2 heterocycles. The van der Waals surface area contributed by atoms with Crippen molar-refractivity contribution in [2.45, 2.75) is 58.9 Å². The van der Waals surface area contributed by atoms with E-state index >= 15 is 0 Å². The summed E-state index contributed by atoms with van der Waals surface area (Å²) in [5.74, 6) is 0.853. The summed E-state index contributed by atoms with van der Waals surface area (Å²) in [6, 6.07) is 0. The van der Waals surface area contributed by atoms with Gasteiger partial charge in [0.2, 0.25) is 15.9 Å². The molecule has 0 saturated carbocycles. The number of hydrogen-bond donors (Lipinski definition) is 1. The van der Waals surface area contributed by atoms with Crippen molar-refractivity contribution in [2.24, 2.45) is 11.8 Å². The van der Waals surface area contributed by atoms with Crippen molar-refractivity contribution in [2.75, 3.05) is 38.5 Å². The third-order valence-corrected chi connectivity index (χ3v) is 7.67. The Hall–Kier alpha value is -0.660. The maximum absolute atomic E-state index is 12.5. The topological polar surface area (TPSA) is 69.7 Å². The Kier molecular flexibility index (Phi) is 6.90. The summed E-state index contributed by atoms with van der Waals surface area (Å²) in [4.78, 5) is 15.0. The van der Waals surface area contributed by atoms with Crippen LogP contribution in [0.25, 0.3) is 0 Å². The summed E-state index contributed by atoms with van der Waals surface area (Å²) in [5, 5.41) is 3.12. The molecule has 0 unspecified atom stereocenters. The molecule has 2 aliphatic heterocycles. The number of nitrogens with one attached hydrogen (secondary N) is 1. The van der Waals surface area contributed by atoms with Crippen molar-refractivity contribution in [3.8, 4) is 0 Å². The molecular formula is C18H35N3O3S. The Labute approximate surface area is 153 Å². The number of carbonyl (C=O) groups is 1. The summed E-state index contributed by atoms with van der Waals surface area (Å²) >= 11 is 0. The quantitative estimate of drug-likeness (QED) is 0.769. The summed E-state index contributed by atoms with van der Waals surface area (Å²) in [5.41, 5.74) is -0.0450. The number of amides is 1. The second-order valence-electron chi connectivity index (χ2n) is 8.30. The van der Waals surface area contributed by atoms with Crippen LogP contribution in [-0.2, 0) is 14.8 Å². The lowest BCUT2D eigenvalue weighted by molar-refractivity contribution is -0.126. The second kappa shape index (κ2) is 8.35. The predicted octanol–water partition coefficient (Wildman–Crippen LogP) is 1.67. The van der Waals surface area contributed by atoms with Gasteiger partial charge in [-0.15, -0.1) is 0 Å². The monoisotopic (exact) mass is 373 g/mol. The van der Waals surface area contributed by atoms with Crippen LogP contribution in [0.1, 0.15) is 53.4 Å². The number of carbonyl (C=O) groups excluding carboxylic acids is 1. The van der Waals surface area contributed by atoms with Gasteiger partial charge in [-0.2, -0.15) is 0 Å². The van der Waals surface area contributed by atoms with Crippen LogP contribution < -0.4 is 5.32 Å². The van der Waals surface area contributed by atoms with E-state index in [0.29, 0.717) is 38.4 Å². The molecule has 2 rings (SSSR count). The van der Waals surface area contributed by atoms with Crippen molar-refractivity contribution in [1.29, 1.82) is 0 Å². The number of sulfonamides is 1. The first-order valence-corrected chi connectivity index (χ1v) is 11.3. The van der Waals surface area contributed by atoms with E-state index in [0.717, 1.165) is 13.1 Å². The third-order valence-electron chi connectivity index (χ3n) is 5.79. The number of hydrogen-bond acceptors (Lipinski definition) is 4. The standard InChI is InChI=1S/C18H35N3O3S/c1-5-25(23,24)21-11-8-16(9-12-21)17(22)19-14-18(3,4)20-10-6-7-15(2)13-20/h15-16H,5-14H2,1-4H3,(H,19,22)/t15-/m1/s1. The fraction of sp³-hybridized carbons (Fsp3) is 0.944. The number of likely N-dealkylation sites (tertiary alicyclic amines) is 1. The number of nitrogens with zero attached hydrogens (tertiary/aromatic N) is 2. The zero-order chi connectivity index (χ0) is 18.7. The smallest absolute Gasteiger partial charge is 0.223 e. The first kappa shape index (κ1) is 20.6. The zero-order valence-electron chi connectivity index (χ0n) is 16.3. The molecule has 1 N–H and O–H groups in total. The van der Waals surface area contributed by atoms with Crippen molar-refractivity contribution >= 4 is 15.9 Å². The lowest BCUT2D eigenvalue weighted by Gasteiger charge is -2.43. The molecule has 2 fully saturated rings. The molecular weight excluding hydrogens is 338 g/mol. The molecule has 0 radical (unpaired) electrons. The van der Waals surface area contributed by atoms with Crippen LogP contribution in [-0.4, -0.2) is 67.5 Å². The maximum Gasteiger partial charge on any atom is 0.223 e. The Morgan fingerprint density at radius 2 is 1.80 bits per heavy atom. The molecule has 2 aliphatic rings. The van der Waals surface area contributed by atoms with Gasteiger partial charge in [-0.1, -0.05) is 6.92 Å². The Bertz CT molecular complexity index is 554. The van der Waals surface area contributed by atoms with Crippen molar-refractivity contribution in [3.63, 3.8) is 0 Å². The minimum atomic E-state index is -3.13. The summed E-state index contributed by atoms with van der Waals surface area (Å²) in [6.45, 7) is 12.1. The highest BCUT2D eigenvalue weighted by Crippen LogP contribution is 2.24. The highest BCUT2D eigenvalue weighted by atomic mass is 32.2.